The lowest BCUT2D eigenvalue weighted by molar-refractivity contribution is -0.384. The Kier molecular flexibility index (Phi) is 9.29. The van der Waals surface area contributed by atoms with E-state index in [-0.39, 0.29) is 18.5 Å². The minimum atomic E-state index is -1.42. The van der Waals surface area contributed by atoms with Crippen LogP contribution in [0.25, 0.3) is 0 Å². The van der Waals surface area contributed by atoms with Crippen LogP contribution >= 0.6 is 0 Å². The molecule has 188 valence electrons. The van der Waals surface area contributed by atoms with E-state index >= 15 is 0 Å². The first-order chi connectivity index (χ1) is 16.4. The predicted molar refractivity (Wildman–Crippen MR) is 125 cm³/mol. The van der Waals surface area contributed by atoms with Gasteiger partial charge in [0.2, 0.25) is 0 Å². The molecule has 2 aromatic rings. The summed E-state index contributed by atoms with van der Waals surface area (Å²) in [6, 6.07) is 11.6. The van der Waals surface area contributed by atoms with Crippen molar-refractivity contribution >= 4 is 23.7 Å². The van der Waals surface area contributed by atoms with E-state index in [9.17, 15) is 29.6 Å². The summed E-state index contributed by atoms with van der Waals surface area (Å²) < 4.78 is 10.3. The van der Waals surface area contributed by atoms with Crippen LogP contribution in [0.4, 0.5) is 10.5 Å². The highest BCUT2D eigenvalue weighted by Crippen LogP contribution is 2.18. The van der Waals surface area contributed by atoms with Crippen LogP contribution in [-0.4, -0.2) is 57.9 Å². The molecule has 0 saturated heterocycles. The van der Waals surface area contributed by atoms with E-state index in [1.165, 1.54) is 24.3 Å². The molecule has 0 aliphatic heterocycles. The fourth-order valence-corrected chi connectivity index (χ4v) is 3.22. The molecule has 1 amide bonds. The number of ether oxygens (including phenoxy) is 2. The average molecular weight is 488 g/mol. The number of benzene rings is 2. The molecule has 2 rings (SSSR count). The van der Waals surface area contributed by atoms with Gasteiger partial charge in [-0.1, -0.05) is 42.5 Å². The number of nitro benzene ring substituents is 1. The standard InChI is InChI=1S/C24H29N3O8/c1-24(2,3)35-23(31)26(20(22(30)34-4)15-16-9-6-5-7-10-16)25-19(21(28)29)14-17-11-8-12-18(13-17)27(32)33/h5-13,19-20,25H,14-15H2,1-4H3,(H,28,29)/t19-,20-/m0/s1. The van der Waals surface area contributed by atoms with E-state index in [1.54, 1.807) is 51.1 Å². The highest BCUT2D eigenvalue weighted by molar-refractivity contribution is 5.82. The van der Waals surface area contributed by atoms with Crippen LogP contribution < -0.4 is 5.43 Å². The molecule has 2 N–H and O–H groups in total. The van der Waals surface area contributed by atoms with E-state index < -0.39 is 40.6 Å². The number of nitro groups is 1. The maximum absolute atomic E-state index is 13.1. The number of nitrogens with one attached hydrogen (secondary N) is 1. The van der Waals surface area contributed by atoms with Crippen molar-refractivity contribution < 1.29 is 33.9 Å². The van der Waals surface area contributed by atoms with Gasteiger partial charge in [-0.2, -0.15) is 0 Å². The number of carbonyl (C=O) groups excluding carboxylic acids is 2. The number of non-ortho nitro benzene ring substituents is 1. The number of rotatable bonds is 10. The van der Waals surface area contributed by atoms with Crippen molar-refractivity contribution in [3.63, 3.8) is 0 Å². The quantitative estimate of drug-likeness (QED) is 0.293. The third-order valence-corrected chi connectivity index (χ3v) is 4.80. The lowest BCUT2D eigenvalue weighted by atomic mass is 10.0. The lowest BCUT2D eigenvalue weighted by Crippen LogP contribution is -2.60. The van der Waals surface area contributed by atoms with Crippen molar-refractivity contribution in [3.8, 4) is 0 Å². The number of hydrazine groups is 1. The normalized spacial score (nSPS) is 12.8. The van der Waals surface area contributed by atoms with Crippen molar-refractivity contribution in [3.05, 3.63) is 75.8 Å². The second-order valence-electron chi connectivity index (χ2n) is 8.73. The van der Waals surface area contributed by atoms with E-state index in [4.69, 9.17) is 9.47 Å². The maximum atomic E-state index is 13.1. The number of nitrogens with zero attached hydrogens (tertiary/aromatic N) is 2. The van der Waals surface area contributed by atoms with Gasteiger partial charge in [0, 0.05) is 25.0 Å². The van der Waals surface area contributed by atoms with Gasteiger partial charge in [0.25, 0.3) is 5.69 Å². The van der Waals surface area contributed by atoms with Gasteiger partial charge in [0.05, 0.1) is 12.0 Å². The lowest BCUT2D eigenvalue weighted by Gasteiger charge is -2.34. The molecule has 0 unspecified atom stereocenters. The number of esters is 1. The number of methoxy groups -OCH3 is 1. The van der Waals surface area contributed by atoms with Gasteiger partial charge in [-0.05, 0) is 31.9 Å². The van der Waals surface area contributed by atoms with Crippen LogP contribution in [0.1, 0.15) is 31.9 Å². The summed E-state index contributed by atoms with van der Waals surface area (Å²) in [5.74, 6) is -2.12. The minimum Gasteiger partial charge on any atom is -0.480 e. The Balaban J connectivity index is 2.43. The van der Waals surface area contributed by atoms with Crippen molar-refractivity contribution in [2.45, 2.75) is 51.3 Å². The van der Waals surface area contributed by atoms with Gasteiger partial charge in [-0.25, -0.2) is 20.0 Å². The van der Waals surface area contributed by atoms with E-state index in [1.807, 2.05) is 0 Å². The average Bonchev–Trinajstić information content (AvgIpc) is 2.79. The largest absolute Gasteiger partial charge is 0.480 e. The Morgan fingerprint density at radius 2 is 1.69 bits per heavy atom. The molecule has 2 atom stereocenters. The number of carboxylic acids is 1. The third-order valence-electron chi connectivity index (χ3n) is 4.80. The van der Waals surface area contributed by atoms with E-state index in [0.717, 1.165) is 12.1 Å². The van der Waals surface area contributed by atoms with Gasteiger partial charge in [-0.15, -0.1) is 0 Å². The summed E-state index contributed by atoms with van der Waals surface area (Å²) in [6.45, 7) is 4.89. The molecular weight excluding hydrogens is 458 g/mol. The molecule has 0 spiro atoms. The highest BCUT2D eigenvalue weighted by Gasteiger charge is 2.37. The molecule has 0 fully saturated rings. The van der Waals surface area contributed by atoms with Gasteiger partial charge in [-0.3, -0.25) is 14.9 Å². The third kappa shape index (κ3) is 8.38. The molecule has 35 heavy (non-hydrogen) atoms. The molecule has 0 aromatic heterocycles. The summed E-state index contributed by atoms with van der Waals surface area (Å²) in [6.07, 6.45) is -1.17. The second-order valence-corrected chi connectivity index (χ2v) is 8.73. The van der Waals surface area contributed by atoms with Gasteiger partial charge in [0.1, 0.15) is 11.6 Å². The number of carboxylic acid groups (broad SMARTS) is 1. The second kappa shape index (κ2) is 11.9. The summed E-state index contributed by atoms with van der Waals surface area (Å²) >= 11 is 0. The Morgan fingerprint density at radius 3 is 2.23 bits per heavy atom. The monoisotopic (exact) mass is 487 g/mol. The predicted octanol–water partition coefficient (Wildman–Crippen LogP) is 3.12. The zero-order chi connectivity index (χ0) is 26.2. The van der Waals surface area contributed by atoms with Crippen LogP contribution in [0.2, 0.25) is 0 Å². The molecule has 2 aromatic carbocycles. The molecule has 0 aliphatic carbocycles. The molecule has 0 aliphatic rings. The number of carbonyl (C=O) groups is 3. The summed E-state index contributed by atoms with van der Waals surface area (Å²) in [7, 11) is 1.16. The molecule has 0 bridgehead atoms. The molecule has 0 saturated carbocycles. The first-order valence-electron chi connectivity index (χ1n) is 10.8. The van der Waals surface area contributed by atoms with Crippen LogP contribution in [-0.2, 0) is 31.9 Å². The summed E-state index contributed by atoms with van der Waals surface area (Å²) in [4.78, 5) is 48.4. The first kappa shape index (κ1) is 27.3. The number of hydrogen-bond acceptors (Lipinski definition) is 8. The minimum absolute atomic E-state index is 0.0168. The van der Waals surface area contributed by atoms with Crippen molar-refractivity contribution in [2.75, 3.05) is 7.11 Å². The molecule has 0 heterocycles. The zero-order valence-corrected chi connectivity index (χ0v) is 20.0. The summed E-state index contributed by atoms with van der Waals surface area (Å²) in [5.41, 5.74) is 2.50. The van der Waals surface area contributed by atoms with E-state index in [0.29, 0.717) is 11.1 Å². The van der Waals surface area contributed by atoms with Crippen LogP contribution in [0.5, 0.6) is 0 Å². The Labute approximate surface area is 202 Å². The topological polar surface area (TPSA) is 148 Å². The van der Waals surface area contributed by atoms with Gasteiger partial charge < -0.3 is 14.6 Å². The maximum Gasteiger partial charge on any atom is 0.425 e. The van der Waals surface area contributed by atoms with Crippen molar-refractivity contribution in [1.82, 2.24) is 10.4 Å². The Bertz CT molecular complexity index is 1050. The fraction of sp³-hybridized carbons (Fsp3) is 0.375. The Hall–Kier alpha value is -3.99. The number of hydrogen-bond donors (Lipinski definition) is 2. The SMILES string of the molecule is COC(=O)[C@H](Cc1ccccc1)N(N[C@@H](Cc1cccc([N+](=O)[O-])c1)C(=O)O)C(=O)OC(C)(C)C. The molecular formula is C24H29N3O8. The Morgan fingerprint density at radius 1 is 1.06 bits per heavy atom. The van der Waals surface area contributed by atoms with Crippen molar-refractivity contribution in [1.29, 1.82) is 0 Å². The highest BCUT2D eigenvalue weighted by atomic mass is 16.6. The molecule has 11 nitrogen and oxygen atoms in total. The van der Waals surface area contributed by atoms with Crippen LogP contribution in [0.15, 0.2) is 54.6 Å². The zero-order valence-electron chi connectivity index (χ0n) is 20.0. The smallest absolute Gasteiger partial charge is 0.425 e. The molecule has 0 radical (unpaired) electrons. The van der Waals surface area contributed by atoms with Crippen LogP contribution in [0, 0.1) is 10.1 Å². The fourth-order valence-electron chi connectivity index (χ4n) is 3.22. The molecule has 11 heteroatoms. The summed E-state index contributed by atoms with van der Waals surface area (Å²) in [5, 5.41) is 21.8. The van der Waals surface area contributed by atoms with Crippen molar-refractivity contribution in [2.24, 2.45) is 0 Å². The van der Waals surface area contributed by atoms with Crippen LogP contribution in [0.3, 0.4) is 0 Å². The number of aliphatic carboxylic acids is 1. The van der Waals surface area contributed by atoms with Gasteiger partial charge in [0.15, 0.2) is 6.04 Å². The first-order valence-corrected chi connectivity index (χ1v) is 10.8. The number of amides is 1. The van der Waals surface area contributed by atoms with Gasteiger partial charge >= 0.3 is 18.0 Å². The van der Waals surface area contributed by atoms with E-state index in [2.05, 4.69) is 5.43 Å².